The van der Waals surface area contributed by atoms with E-state index < -0.39 is 200 Å². The monoisotopic (exact) mass is 995 g/mol. The van der Waals surface area contributed by atoms with E-state index in [1.807, 2.05) is 5.32 Å². The molecule has 0 aliphatic heterocycles. The Morgan fingerprint density at radius 3 is 1.26 bits per heavy atom. The number of aliphatic hydroxyl groups is 3. The van der Waals surface area contributed by atoms with E-state index in [4.69, 9.17) is 59.7 Å². The molecule has 0 bridgehead atoms. The summed E-state index contributed by atoms with van der Waals surface area (Å²) < 4.78 is 251. The van der Waals surface area contributed by atoms with Gasteiger partial charge in [0, 0.05) is 91.6 Å². The van der Waals surface area contributed by atoms with E-state index in [1.165, 1.54) is 0 Å². The number of nitrogens with two attached hydrogens (primary N) is 3. The molecule has 10 unspecified atom stereocenters. The Morgan fingerprint density at radius 1 is 0.551 bits per heavy atom. The molecule has 3 saturated carbocycles. The minimum Gasteiger partial charge on any atom is -0.393 e. The van der Waals surface area contributed by atoms with Gasteiger partial charge in [-0.05, 0) is 137 Å². The maximum Gasteiger partial charge on any atom is 0.254 e. The first-order valence-electron chi connectivity index (χ1n) is 36.2. The van der Waals surface area contributed by atoms with Crippen LogP contribution < -0.4 is 49.1 Å². The predicted molar refractivity (Wildman–Crippen MR) is 271 cm³/mol. The summed E-state index contributed by atoms with van der Waals surface area (Å²) in [7, 11) is 0. The van der Waals surface area contributed by atoms with Gasteiger partial charge in [-0.1, -0.05) is 20.6 Å². The molecule has 3 aromatic heterocycles. The number of hydrogen-bond acceptors (Lipinski definition) is 18. The highest BCUT2D eigenvalue weighted by molar-refractivity contribution is 5.98. The van der Waals surface area contributed by atoms with E-state index in [1.54, 1.807) is 62.3 Å². The number of anilines is 6. The Hall–Kier alpha value is -5.67. The number of nitrogens with one attached hydrogen (secondary N) is 6. The van der Waals surface area contributed by atoms with Gasteiger partial charge in [-0.3, -0.25) is 14.4 Å². The third kappa shape index (κ3) is 18.3. The van der Waals surface area contributed by atoms with Crippen LogP contribution in [0, 0.1) is 17.7 Å². The number of amides is 3. The van der Waals surface area contributed by atoms with Crippen molar-refractivity contribution in [2.24, 2.45) is 34.9 Å². The molecule has 3 aliphatic rings. The summed E-state index contributed by atoms with van der Waals surface area (Å²) in [5.74, 6) is -15.1. The Kier molecular flexibility index (Phi) is 8.94. The molecule has 3 fully saturated rings. The van der Waals surface area contributed by atoms with Gasteiger partial charge < -0.3 is 64.4 Å². The van der Waals surface area contributed by atoms with Crippen LogP contribution in [-0.4, -0.2) is 116 Å². The first-order chi connectivity index (χ1) is 43.9. The molecule has 21 nitrogen and oxygen atoms in total. The van der Waals surface area contributed by atoms with Crippen molar-refractivity contribution in [2.45, 2.75) is 193 Å². The molecule has 3 heterocycles. The normalized spacial score (nSPS) is 44.4. The maximum atomic E-state index is 11.9. The minimum absolute atomic E-state index is 0.0719. The summed E-state index contributed by atoms with van der Waals surface area (Å²) in [5, 5.41) is 46.7. The second-order valence-corrected chi connectivity index (χ2v) is 17.9. The minimum atomic E-state index is -3.81. The van der Waals surface area contributed by atoms with Gasteiger partial charge in [-0.25, -0.2) is 15.0 Å². The zero-order valence-corrected chi connectivity index (χ0v) is 39.1. The van der Waals surface area contributed by atoms with Gasteiger partial charge in [0.05, 0.1) is 39.1 Å². The first-order valence-corrected chi connectivity index (χ1v) is 20.6. The lowest BCUT2D eigenvalue weighted by Crippen LogP contribution is -2.36. The van der Waals surface area contributed by atoms with Gasteiger partial charge in [-0.2, -0.15) is 15.0 Å². The second kappa shape index (κ2) is 23.8. The van der Waals surface area contributed by atoms with Crippen LogP contribution in [0.1, 0.15) is 214 Å². The van der Waals surface area contributed by atoms with Gasteiger partial charge in [0.1, 0.15) is 17.5 Å². The predicted octanol–water partition coefficient (Wildman–Crippen LogP) is 5.24. The van der Waals surface area contributed by atoms with Crippen LogP contribution in [0.4, 0.5) is 35.3 Å². The third-order valence-electron chi connectivity index (χ3n) is 8.15. The Morgan fingerprint density at radius 2 is 0.899 bits per heavy atom. The molecule has 3 amide bonds. The second-order valence-electron chi connectivity index (χ2n) is 17.9. The fourth-order valence-electron chi connectivity index (χ4n) is 5.16. The molecular weight excluding hydrogens is 883 g/mol. The molecule has 384 valence electrons. The smallest absolute Gasteiger partial charge is 0.254 e. The largest absolute Gasteiger partial charge is 0.393 e. The van der Waals surface area contributed by atoms with Gasteiger partial charge in [0.25, 0.3) is 17.7 Å². The molecular formula is C48H81N15O6. The topological polar surface area (TPSA) is 339 Å². The van der Waals surface area contributed by atoms with E-state index in [2.05, 4.69) is 56.5 Å². The van der Waals surface area contributed by atoms with Crippen LogP contribution in [0.2, 0.25) is 0 Å². The lowest BCUT2D eigenvalue weighted by Gasteiger charge is -2.32. The molecule has 0 aromatic carbocycles. The fraction of sp³-hybridized carbons (Fsp3) is 0.688. The van der Waals surface area contributed by atoms with E-state index in [9.17, 15) is 29.7 Å². The number of aliphatic hydroxyl groups excluding tert-OH is 3. The molecule has 6 rings (SSSR count). The van der Waals surface area contributed by atoms with Crippen molar-refractivity contribution in [3.63, 3.8) is 0 Å². The van der Waals surface area contributed by atoms with E-state index >= 15 is 0 Å². The van der Waals surface area contributed by atoms with Crippen molar-refractivity contribution in [1.29, 1.82) is 0 Å². The van der Waals surface area contributed by atoms with Crippen molar-refractivity contribution >= 4 is 53.0 Å². The lowest BCUT2D eigenvalue weighted by atomic mass is 9.85. The third-order valence-corrected chi connectivity index (χ3v) is 8.15. The zero-order chi connectivity index (χ0) is 78.9. The quantitative estimate of drug-likeness (QED) is 0.110. The molecule has 0 spiro atoms. The number of rotatable bonds is 12. The van der Waals surface area contributed by atoms with E-state index in [0.29, 0.717) is 0 Å². The van der Waals surface area contributed by atoms with Gasteiger partial charge in [-0.15, -0.1) is 0 Å². The summed E-state index contributed by atoms with van der Waals surface area (Å²) in [6.07, 6.45) is -36.6. The van der Waals surface area contributed by atoms with Crippen LogP contribution in [0.25, 0.3) is 0 Å². The van der Waals surface area contributed by atoms with Gasteiger partial charge >= 0.3 is 0 Å². The summed E-state index contributed by atoms with van der Waals surface area (Å²) in [5.41, 5.74) is 12.8. The average molecular weight is 995 g/mol. The van der Waals surface area contributed by atoms with Crippen molar-refractivity contribution in [2.75, 3.05) is 31.9 Å². The summed E-state index contributed by atoms with van der Waals surface area (Å²) in [6.45, 7) is 5.29. The average Bonchev–Trinajstić information content (AvgIpc) is 0.680. The summed E-state index contributed by atoms with van der Waals surface area (Å²) in [4.78, 5) is 59.4. The molecule has 10 atom stereocenters. The number of hydrogen-bond donors (Lipinski definition) is 12. The Balaban J connectivity index is 0.000000318. The Labute approximate surface area is 451 Å². The molecule has 3 aromatic rings. The lowest BCUT2D eigenvalue weighted by molar-refractivity contribution is 0.0737. The molecule has 21 heteroatoms. The van der Waals surface area contributed by atoms with E-state index in [-0.39, 0.29) is 17.8 Å². The molecule has 69 heavy (non-hydrogen) atoms. The molecule has 3 aliphatic carbocycles. The number of nitrogens with zero attached hydrogens (tertiary/aromatic N) is 6. The molecule has 0 saturated heterocycles. The number of aromatic nitrogens is 6. The van der Waals surface area contributed by atoms with E-state index in [0.717, 1.165) is 18.6 Å². The van der Waals surface area contributed by atoms with Gasteiger partial charge in [0.2, 0.25) is 17.8 Å². The fourth-order valence-corrected chi connectivity index (χ4v) is 5.16. The standard InChI is InChI=1S/3C16H27N5O2/c3*1-9-5-6-10(7-12(9)22)19-14-11(13(17)23)8-18-15(20-14)21-16(2,3)4/h3*8-10,12,22H,5-7H2,1-4H3,(H2,17,23)(H2,18,19,20,21)/i1D3,5D2,6D2,7D2,9D,10D;1D3,5D2,6D2,7D,9D,10D;1D3,5D2,6D2,7D2,10D. The van der Waals surface area contributed by atoms with Crippen molar-refractivity contribution in [3.05, 3.63) is 35.3 Å². The van der Waals surface area contributed by atoms with Crippen molar-refractivity contribution < 1.29 is 72.2 Å². The highest BCUT2D eigenvalue weighted by Gasteiger charge is 2.30. The maximum absolute atomic E-state index is 11.9. The SMILES string of the molecule is [2H]C([2H])([2H])C1([2H])C(O)C([2H])([2H])C([2H])(Nc2nc(NC(C)(C)C)ncc2C(N)=O)C([2H])([2H])C1([2H])[2H].[2H]C([2H])([2H])C1C(O)C([2H])([2H])C([2H])(Nc2nc(NC(C)(C)C)ncc2C(N)=O)C([2H])([2H])C1([2H])[2H].[2H]C1C(O)C([2H])(C([2H])([2H])[2H])C([2H])([2H])C([2H])([2H])C1([2H])Nc1nc(NC(C)(C)C)ncc1C(N)=O. The highest BCUT2D eigenvalue weighted by atomic mass is 16.3. The van der Waals surface area contributed by atoms with Gasteiger partial charge in [0.15, 0.2) is 0 Å². The highest BCUT2D eigenvalue weighted by Crippen LogP contribution is 2.30. The van der Waals surface area contributed by atoms with Crippen molar-refractivity contribution in [1.82, 2.24) is 29.9 Å². The molecule has 15 N–H and O–H groups in total. The summed E-state index contributed by atoms with van der Waals surface area (Å²) >= 11 is 0. The Bertz CT molecular complexity index is 3570. The molecule has 0 radical (unpaired) electrons. The number of primary amides is 3. The van der Waals surface area contributed by atoms with Crippen LogP contribution in [0.3, 0.4) is 0 Å². The number of carbonyl (C=O) groups is 3. The van der Waals surface area contributed by atoms with Crippen molar-refractivity contribution in [3.8, 4) is 0 Å². The first kappa shape index (κ1) is 26.0. The number of carbonyl (C=O) groups excluding carboxylic acids is 3. The van der Waals surface area contributed by atoms with Crippen LogP contribution in [0.5, 0.6) is 0 Å². The van der Waals surface area contributed by atoms with Crippen LogP contribution in [0.15, 0.2) is 18.6 Å². The van der Waals surface area contributed by atoms with Crippen LogP contribution in [-0.2, 0) is 0 Å². The van der Waals surface area contributed by atoms with Crippen LogP contribution >= 0.6 is 0 Å². The summed E-state index contributed by atoms with van der Waals surface area (Å²) in [6, 6.07) is -9.97. The zero-order valence-electron chi connectivity index (χ0n) is 70.1.